The predicted octanol–water partition coefficient (Wildman–Crippen LogP) is 4.85. The number of halogens is 2. The molecule has 0 aliphatic rings. The number of thiophene rings is 1. The monoisotopic (exact) mass is 395 g/mol. The molecule has 2 rings (SSSR count). The molecule has 0 aromatic carbocycles. The lowest BCUT2D eigenvalue weighted by molar-refractivity contribution is 0.522. The van der Waals surface area contributed by atoms with Crippen LogP contribution in [0, 0.1) is 10.7 Å². The fraction of sp³-hybridized carbons (Fsp3) is 0.400. The number of hydrogen-bond donors (Lipinski definition) is 1. The van der Waals surface area contributed by atoms with Crippen LogP contribution in [0.4, 0.5) is 0 Å². The van der Waals surface area contributed by atoms with Gasteiger partial charge in [-0.15, -0.1) is 11.3 Å². The summed E-state index contributed by atoms with van der Waals surface area (Å²) in [5, 5.41) is 7.17. The van der Waals surface area contributed by atoms with E-state index in [9.17, 15) is 0 Å². The van der Waals surface area contributed by atoms with Gasteiger partial charge in [-0.25, -0.2) is 0 Å². The van der Waals surface area contributed by atoms with Gasteiger partial charge in [0.2, 0.25) is 0 Å². The number of aromatic amines is 1. The highest BCUT2D eigenvalue weighted by molar-refractivity contribution is 9.13. The summed E-state index contributed by atoms with van der Waals surface area (Å²) in [6.45, 7) is 5.20. The molecule has 0 aliphatic heterocycles. The lowest BCUT2D eigenvalue weighted by atomic mass is 10.2. The molecular formula is C10H11Br2N3S2. The number of aromatic nitrogens is 3. The minimum Gasteiger partial charge on any atom is -0.299 e. The Bertz CT molecular complexity index is 563. The third kappa shape index (κ3) is 2.89. The average Bonchev–Trinajstić information content (AvgIpc) is 2.73. The van der Waals surface area contributed by atoms with Gasteiger partial charge in [-0.3, -0.25) is 9.67 Å². The van der Waals surface area contributed by atoms with Gasteiger partial charge in [-0.1, -0.05) is 13.8 Å². The average molecular weight is 397 g/mol. The van der Waals surface area contributed by atoms with Crippen LogP contribution >= 0.6 is 55.4 Å². The highest BCUT2D eigenvalue weighted by Gasteiger charge is 2.14. The van der Waals surface area contributed by atoms with Gasteiger partial charge in [0.15, 0.2) is 10.6 Å². The van der Waals surface area contributed by atoms with E-state index in [1.165, 1.54) is 0 Å². The van der Waals surface area contributed by atoms with Gasteiger partial charge < -0.3 is 0 Å². The van der Waals surface area contributed by atoms with Gasteiger partial charge in [0.25, 0.3) is 0 Å². The maximum absolute atomic E-state index is 5.26. The first-order chi connectivity index (χ1) is 7.99. The van der Waals surface area contributed by atoms with Crippen LogP contribution in [-0.2, 0) is 6.54 Å². The molecule has 1 N–H and O–H groups in total. The minimum absolute atomic E-state index is 0.532. The van der Waals surface area contributed by atoms with E-state index in [-0.39, 0.29) is 0 Å². The molecule has 0 amide bonds. The first-order valence-corrected chi connectivity index (χ1v) is 7.90. The molecule has 0 saturated carbocycles. The summed E-state index contributed by atoms with van der Waals surface area (Å²) in [7, 11) is 0. The molecular weight excluding hydrogens is 386 g/mol. The van der Waals surface area contributed by atoms with E-state index in [4.69, 9.17) is 12.2 Å². The van der Waals surface area contributed by atoms with Crippen LogP contribution < -0.4 is 0 Å². The number of H-pyrrole nitrogens is 1. The Labute approximate surface area is 126 Å². The topological polar surface area (TPSA) is 33.6 Å². The molecule has 17 heavy (non-hydrogen) atoms. The lowest BCUT2D eigenvalue weighted by Crippen LogP contribution is -2.05. The van der Waals surface area contributed by atoms with Crippen molar-refractivity contribution in [1.82, 2.24) is 14.8 Å². The van der Waals surface area contributed by atoms with E-state index in [0.717, 1.165) is 25.5 Å². The third-order valence-electron chi connectivity index (χ3n) is 2.17. The number of rotatable bonds is 3. The van der Waals surface area contributed by atoms with E-state index < -0.39 is 0 Å². The molecule has 0 atom stereocenters. The molecule has 2 aromatic heterocycles. The SMILES string of the molecule is CC(C)Cn1c(-c2cc(Br)c(Br)s2)n[nH]c1=S. The van der Waals surface area contributed by atoms with Gasteiger partial charge in [0.05, 0.1) is 8.66 Å². The van der Waals surface area contributed by atoms with Crippen molar-refractivity contribution in [3.8, 4) is 10.7 Å². The summed E-state index contributed by atoms with van der Waals surface area (Å²) >= 11 is 13.9. The molecule has 0 unspecified atom stereocenters. The van der Waals surface area contributed by atoms with Crippen LogP contribution in [0.2, 0.25) is 0 Å². The van der Waals surface area contributed by atoms with Crippen LogP contribution in [0.25, 0.3) is 10.7 Å². The first kappa shape index (κ1) is 13.5. The zero-order chi connectivity index (χ0) is 12.6. The minimum atomic E-state index is 0.532. The Morgan fingerprint density at radius 2 is 2.24 bits per heavy atom. The first-order valence-electron chi connectivity index (χ1n) is 5.09. The maximum Gasteiger partial charge on any atom is 0.195 e. The predicted molar refractivity (Wildman–Crippen MR) is 81.0 cm³/mol. The van der Waals surface area contributed by atoms with Crippen molar-refractivity contribution < 1.29 is 0 Å². The molecule has 0 fully saturated rings. The van der Waals surface area contributed by atoms with Crippen LogP contribution in [0.5, 0.6) is 0 Å². The van der Waals surface area contributed by atoms with Gasteiger partial charge in [0, 0.05) is 11.0 Å². The van der Waals surface area contributed by atoms with Crippen molar-refractivity contribution >= 4 is 55.4 Å². The van der Waals surface area contributed by atoms with Crippen molar-refractivity contribution in [2.24, 2.45) is 5.92 Å². The zero-order valence-corrected chi connectivity index (χ0v) is 14.1. The van der Waals surface area contributed by atoms with E-state index in [2.05, 4.69) is 62.0 Å². The van der Waals surface area contributed by atoms with E-state index in [1.54, 1.807) is 11.3 Å². The smallest absolute Gasteiger partial charge is 0.195 e. The molecule has 3 nitrogen and oxygen atoms in total. The second-order valence-electron chi connectivity index (χ2n) is 4.09. The van der Waals surface area contributed by atoms with Gasteiger partial charge in [0.1, 0.15) is 0 Å². The Morgan fingerprint density at radius 3 is 2.76 bits per heavy atom. The standard InChI is InChI=1S/C10H11Br2N3S2/c1-5(2)4-15-9(13-14-10(15)16)7-3-6(11)8(12)17-7/h3,5H,4H2,1-2H3,(H,14,16). The van der Waals surface area contributed by atoms with Gasteiger partial charge >= 0.3 is 0 Å². The second-order valence-corrected chi connectivity index (χ2v) is 7.70. The number of hydrogen-bond acceptors (Lipinski definition) is 3. The van der Waals surface area contributed by atoms with Crippen molar-refractivity contribution in [2.45, 2.75) is 20.4 Å². The second kappa shape index (κ2) is 5.34. The quantitative estimate of drug-likeness (QED) is 0.752. The van der Waals surface area contributed by atoms with E-state index in [0.29, 0.717) is 10.7 Å². The summed E-state index contributed by atoms with van der Waals surface area (Å²) in [5.74, 6) is 1.44. The largest absolute Gasteiger partial charge is 0.299 e. The summed E-state index contributed by atoms with van der Waals surface area (Å²) in [4.78, 5) is 1.09. The highest BCUT2D eigenvalue weighted by Crippen LogP contribution is 2.37. The summed E-state index contributed by atoms with van der Waals surface area (Å²) in [6.07, 6.45) is 0. The fourth-order valence-corrected chi connectivity index (χ4v) is 3.74. The lowest BCUT2D eigenvalue weighted by Gasteiger charge is -2.07. The molecule has 0 spiro atoms. The molecule has 2 aromatic rings. The Kier molecular flexibility index (Phi) is 4.22. The van der Waals surface area contributed by atoms with Gasteiger partial charge in [-0.2, -0.15) is 5.10 Å². The highest BCUT2D eigenvalue weighted by atomic mass is 79.9. The molecule has 2 heterocycles. The van der Waals surface area contributed by atoms with Crippen molar-refractivity contribution in [2.75, 3.05) is 0 Å². The van der Waals surface area contributed by atoms with E-state index >= 15 is 0 Å². The van der Waals surface area contributed by atoms with Gasteiger partial charge in [-0.05, 0) is 56.1 Å². The van der Waals surface area contributed by atoms with Crippen molar-refractivity contribution in [3.63, 3.8) is 0 Å². The van der Waals surface area contributed by atoms with Crippen LogP contribution in [0.15, 0.2) is 14.3 Å². The fourth-order valence-electron chi connectivity index (χ4n) is 1.50. The number of nitrogens with zero attached hydrogens (tertiary/aromatic N) is 2. The van der Waals surface area contributed by atoms with E-state index in [1.807, 2.05) is 4.57 Å². The normalized spacial score (nSPS) is 11.4. The van der Waals surface area contributed by atoms with Crippen LogP contribution in [0.1, 0.15) is 13.8 Å². The van der Waals surface area contributed by atoms with Crippen LogP contribution in [0.3, 0.4) is 0 Å². The molecule has 7 heteroatoms. The molecule has 92 valence electrons. The van der Waals surface area contributed by atoms with Crippen LogP contribution in [-0.4, -0.2) is 14.8 Å². The maximum atomic E-state index is 5.26. The molecule has 0 radical (unpaired) electrons. The summed E-state index contributed by atoms with van der Waals surface area (Å²) < 4.78 is 4.83. The summed E-state index contributed by atoms with van der Waals surface area (Å²) in [5.41, 5.74) is 0. The van der Waals surface area contributed by atoms with Crippen molar-refractivity contribution in [3.05, 3.63) is 19.1 Å². The molecule has 0 aliphatic carbocycles. The third-order valence-corrected chi connectivity index (χ3v) is 5.74. The summed E-state index contributed by atoms with van der Waals surface area (Å²) in [6, 6.07) is 2.05. The number of nitrogens with one attached hydrogen (secondary N) is 1. The molecule has 0 saturated heterocycles. The zero-order valence-electron chi connectivity index (χ0n) is 9.33. The Morgan fingerprint density at radius 1 is 1.53 bits per heavy atom. The Balaban J connectivity index is 2.48. The molecule has 0 bridgehead atoms. The Hall–Kier alpha value is 0.0200. The van der Waals surface area contributed by atoms with Crippen molar-refractivity contribution in [1.29, 1.82) is 0 Å².